The lowest BCUT2D eigenvalue weighted by Gasteiger charge is -2.15. The van der Waals surface area contributed by atoms with Gasteiger partial charge in [-0.15, -0.1) is 11.3 Å². The number of thiophene rings is 1. The van der Waals surface area contributed by atoms with Crippen LogP contribution in [0.1, 0.15) is 34.3 Å². The van der Waals surface area contributed by atoms with Crippen LogP contribution in [0.5, 0.6) is 0 Å². The lowest BCUT2D eigenvalue weighted by Crippen LogP contribution is -2.20. The fraction of sp³-hybridized carbons (Fsp3) is 0.533. The zero-order chi connectivity index (χ0) is 13.4. The molecule has 0 unspecified atom stereocenters. The largest absolute Gasteiger partial charge is 0.337 e. The second kappa shape index (κ2) is 5.10. The fourth-order valence-electron chi connectivity index (χ4n) is 2.97. The Bertz CT molecular complexity index is 570. The summed E-state index contributed by atoms with van der Waals surface area (Å²) in [5, 5.41) is 2.19. The lowest BCUT2D eigenvalue weighted by molar-refractivity contribution is 0.327. The molecule has 0 amide bonds. The van der Waals surface area contributed by atoms with Crippen LogP contribution in [0.15, 0.2) is 17.6 Å². The van der Waals surface area contributed by atoms with E-state index in [9.17, 15) is 0 Å². The third-order valence-corrected chi connectivity index (χ3v) is 5.01. The average molecular weight is 275 g/mol. The van der Waals surface area contributed by atoms with Crippen molar-refractivity contribution in [1.82, 2.24) is 14.5 Å². The van der Waals surface area contributed by atoms with Gasteiger partial charge in [0.1, 0.15) is 5.82 Å². The van der Waals surface area contributed by atoms with Gasteiger partial charge in [0.2, 0.25) is 0 Å². The van der Waals surface area contributed by atoms with Gasteiger partial charge in [-0.3, -0.25) is 4.90 Å². The van der Waals surface area contributed by atoms with Crippen LogP contribution in [0.25, 0.3) is 0 Å². The number of likely N-dealkylation sites (tertiary alicyclic amines) is 1. The molecule has 1 aliphatic heterocycles. The van der Waals surface area contributed by atoms with Crippen molar-refractivity contribution in [2.24, 2.45) is 7.05 Å². The molecule has 1 saturated heterocycles. The van der Waals surface area contributed by atoms with Crippen molar-refractivity contribution in [3.63, 3.8) is 0 Å². The maximum Gasteiger partial charge on any atom is 0.113 e. The molecule has 0 aliphatic carbocycles. The molecule has 0 aromatic carbocycles. The molecule has 3 rings (SSSR count). The van der Waals surface area contributed by atoms with Gasteiger partial charge in [0.15, 0.2) is 0 Å². The molecule has 2 aromatic rings. The minimum Gasteiger partial charge on any atom is -0.337 e. The second-order valence-corrected chi connectivity index (χ2v) is 6.60. The monoisotopic (exact) mass is 275 g/mol. The smallest absolute Gasteiger partial charge is 0.113 e. The standard InChI is InChI=1S/C15H21N3S/c1-11-5-7-19-14(11)10-18-6-4-13(9-18)15-16-12(2)8-17(15)3/h5,7-8,13H,4,6,9-10H2,1-3H3/t13-/m0/s1. The van der Waals surface area contributed by atoms with Crippen LogP contribution in [-0.4, -0.2) is 27.5 Å². The highest BCUT2D eigenvalue weighted by Crippen LogP contribution is 2.28. The zero-order valence-corrected chi connectivity index (χ0v) is 12.7. The molecular weight excluding hydrogens is 254 g/mol. The van der Waals surface area contributed by atoms with Gasteiger partial charge in [0.05, 0.1) is 5.69 Å². The summed E-state index contributed by atoms with van der Waals surface area (Å²) in [6, 6.07) is 2.22. The van der Waals surface area contributed by atoms with E-state index in [0.717, 1.165) is 18.8 Å². The molecular formula is C15H21N3S. The number of aryl methyl sites for hydroxylation is 3. The Morgan fingerprint density at radius 1 is 1.42 bits per heavy atom. The van der Waals surface area contributed by atoms with Gasteiger partial charge in [-0.1, -0.05) is 0 Å². The highest BCUT2D eigenvalue weighted by atomic mass is 32.1. The first-order valence-corrected chi connectivity index (χ1v) is 7.76. The first-order valence-electron chi connectivity index (χ1n) is 6.88. The van der Waals surface area contributed by atoms with Crippen LogP contribution >= 0.6 is 11.3 Å². The Balaban J connectivity index is 1.67. The molecule has 0 bridgehead atoms. The van der Waals surface area contributed by atoms with Gasteiger partial charge >= 0.3 is 0 Å². The van der Waals surface area contributed by atoms with Gasteiger partial charge in [-0.2, -0.15) is 0 Å². The maximum atomic E-state index is 4.68. The molecule has 102 valence electrons. The Morgan fingerprint density at radius 3 is 2.89 bits per heavy atom. The highest BCUT2D eigenvalue weighted by Gasteiger charge is 2.27. The summed E-state index contributed by atoms with van der Waals surface area (Å²) in [6.07, 6.45) is 3.36. The molecule has 4 heteroatoms. The summed E-state index contributed by atoms with van der Waals surface area (Å²) in [4.78, 5) is 8.75. The van der Waals surface area contributed by atoms with E-state index in [1.807, 2.05) is 11.3 Å². The molecule has 3 heterocycles. The number of aromatic nitrogens is 2. The van der Waals surface area contributed by atoms with Gasteiger partial charge in [0, 0.05) is 37.1 Å². The summed E-state index contributed by atoms with van der Waals surface area (Å²) in [5.41, 5.74) is 2.56. The summed E-state index contributed by atoms with van der Waals surface area (Å²) in [5.74, 6) is 1.85. The first kappa shape index (κ1) is 12.9. The molecule has 0 radical (unpaired) electrons. The number of nitrogens with zero attached hydrogens (tertiary/aromatic N) is 3. The molecule has 3 nitrogen and oxygen atoms in total. The quantitative estimate of drug-likeness (QED) is 0.858. The van der Waals surface area contributed by atoms with E-state index in [2.05, 4.69) is 53.0 Å². The predicted octanol–water partition coefficient (Wildman–Crippen LogP) is 3.09. The van der Waals surface area contributed by atoms with Crippen molar-refractivity contribution in [2.75, 3.05) is 13.1 Å². The topological polar surface area (TPSA) is 21.1 Å². The van der Waals surface area contributed by atoms with Crippen molar-refractivity contribution < 1.29 is 0 Å². The normalized spacial score (nSPS) is 20.3. The van der Waals surface area contributed by atoms with Crippen molar-refractivity contribution >= 4 is 11.3 Å². The minimum atomic E-state index is 0.596. The molecule has 2 aromatic heterocycles. The van der Waals surface area contributed by atoms with Gasteiger partial charge in [-0.25, -0.2) is 4.98 Å². The Labute approximate surface area is 118 Å². The van der Waals surface area contributed by atoms with E-state index < -0.39 is 0 Å². The molecule has 1 fully saturated rings. The van der Waals surface area contributed by atoms with Crippen molar-refractivity contribution in [3.8, 4) is 0 Å². The number of hydrogen-bond donors (Lipinski definition) is 0. The minimum absolute atomic E-state index is 0.596. The Hall–Kier alpha value is -1.13. The lowest BCUT2D eigenvalue weighted by atomic mass is 10.1. The van der Waals surface area contributed by atoms with Crippen LogP contribution in [0.3, 0.4) is 0 Å². The maximum absolute atomic E-state index is 4.68. The average Bonchev–Trinajstić information content (AvgIpc) is 3.03. The van der Waals surface area contributed by atoms with Gasteiger partial charge < -0.3 is 4.57 Å². The van der Waals surface area contributed by atoms with Crippen LogP contribution in [-0.2, 0) is 13.6 Å². The van der Waals surface area contributed by atoms with E-state index >= 15 is 0 Å². The van der Waals surface area contributed by atoms with Crippen molar-refractivity contribution in [2.45, 2.75) is 32.7 Å². The molecule has 0 spiro atoms. The predicted molar refractivity (Wildman–Crippen MR) is 79.6 cm³/mol. The fourth-order valence-corrected chi connectivity index (χ4v) is 3.92. The summed E-state index contributed by atoms with van der Waals surface area (Å²) >= 11 is 1.88. The number of imidazole rings is 1. The van der Waals surface area contributed by atoms with E-state index in [4.69, 9.17) is 0 Å². The van der Waals surface area contributed by atoms with E-state index in [1.54, 1.807) is 0 Å². The molecule has 1 aliphatic rings. The van der Waals surface area contributed by atoms with Crippen molar-refractivity contribution in [1.29, 1.82) is 0 Å². The third-order valence-electron chi connectivity index (χ3n) is 4.01. The Morgan fingerprint density at radius 2 is 2.26 bits per heavy atom. The first-order chi connectivity index (χ1) is 9.13. The van der Waals surface area contributed by atoms with Crippen LogP contribution < -0.4 is 0 Å². The summed E-state index contributed by atoms with van der Waals surface area (Å²) < 4.78 is 2.19. The molecule has 0 saturated carbocycles. The van der Waals surface area contributed by atoms with Crippen LogP contribution in [0.2, 0.25) is 0 Å². The van der Waals surface area contributed by atoms with Crippen LogP contribution in [0.4, 0.5) is 0 Å². The second-order valence-electron chi connectivity index (χ2n) is 5.60. The van der Waals surface area contributed by atoms with E-state index in [-0.39, 0.29) is 0 Å². The molecule has 19 heavy (non-hydrogen) atoms. The van der Waals surface area contributed by atoms with Crippen molar-refractivity contribution in [3.05, 3.63) is 39.6 Å². The molecule has 1 atom stereocenters. The Kier molecular flexibility index (Phi) is 3.46. The highest BCUT2D eigenvalue weighted by molar-refractivity contribution is 7.10. The SMILES string of the molecule is Cc1cn(C)c([C@H]2CCN(Cc3sccc3C)C2)n1. The number of rotatable bonds is 3. The van der Waals surface area contributed by atoms with E-state index in [0.29, 0.717) is 5.92 Å². The van der Waals surface area contributed by atoms with E-state index in [1.165, 1.54) is 29.2 Å². The van der Waals surface area contributed by atoms with Crippen LogP contribution in [0, 0.1) is 13.8 Å². The summed E-state index contributed by atoms with van der Waals surface area (Å²) in [7, 11) is 2.11. The summed E-state index contributed by atoms with van der Waals surface area (Å²) in [6.45, 7) is 7.71. The molecule has 0 N–H and O–H groups in total. The zero-order valence-electron chi connectivity index (χ0n) is 11.9. The third kappa shape index (κ3) is 2.60. The number of hydrogen-bond acceptors (Lipinski definition) is 3. The van der Waals surface area contributed by atoms with Gasteiger partial charge in [0.25, 0.3) is 0 Å². The van der Waals surface area contributed by atoms with Gasteiger partial charge in [-0.05, 0) is 43.8 Å².